The first-order valence-corrected chi connectivity index (χ1v) is 10.1. The van der Waals surface area contributed by atoms with Crippen molar-refractivity contribution in [3.63, 3.8) is 0 Å². The maximum absolute atomic E-state index is 12.8. The van der Waals surface area contributed by atoms with Crippen LogP contribution in [0.1, 0.15) is 59.1 Å². The van der Waals surface area contributed by atoms with Crippen molar-refractivity contribution < 1.29 is 9.59 Å². The topological polar surface area (TPSA) is 106 Å². The lowest BCUT2D eigenvalue weighted by molar-refractivity contribution is 0.0945. The van der Waals surface area contributed by atoms with E-state index in [-0.39, 0.29) is 29.4 Å². The Bertz CT molecular complexity index is 1080. The van der Waals surface area contributed by atoms with Gasteiger partial charge in [0.25, 0.3) is 11.8 Å². The number of hydrogen-bond donors (Lipinski definition) is 2. The number of rotatable bonds is 5. The van der Waals surface area contributed by atoms with Crippen LogP contribution >= 0.6 is 15.9 Å². The Kier molecular flexibility index (Phi) is 4.15. The van der Waals surface area contributed by atoms with Gasteiger partial charge in [0.15, 0.2) is 11.3 Å². The fourth-order valence-corrected chi connectivity index (χ4v) is 3.49. The van der Waals surface area contributed by atoms with Gasteiger partial charge in [0, 0.05) is 18.4 Å². The summed E-state index contributed by atoms with van der Waals surface area (Å²) >= 11 is 3.37. The molecule has 0 spiro atoms. The van der Waals surface area contributed by atoms with E-state index >= 15 is 0 Å². The fourth-order valence-electron chi connectivity index (χ4n) is 3.12. The molecule has 28 heavy (non-hydrogen) atoms. The van der Waals surface area contributed by atoms with Crippen molar-refractivity contribution in [2.45, 2.75) is 44.2 Å². The lowest BCUT2D eigenvalue weighted by Gasteiger charge is -2.25. The first kappa shape index (κ1) is 17.4. The maximum Gasteiger partial charge on any atom is 0.274 e. The molecule has 2 fully saturated rings. The van der Waals surface area contributed by atoms with E-state index in [2.05, 4.69) is 41.7 Å². The van der Waals surface area contributed by atoms with Crippen molar-refractivity contribution >= 4 is 39.1 Å². The largest absolute Gasteiger partial charge is 0.348 e. The zero-order valence-electron chi connectivity index (χ0n) is 14.9. The van der Waals surface area contributed by atoms with E-state index in [0.717, 1.165) is 32.1 Å². The summed E-state index contributed by atoms with van der Waals surface area (Å²) in [6.07, 6.45) is 10.2. The molecule has 3 aromatic heterocycles. The SMILES string of the molecule is O=C(Nc1cn(C2CCC2)nc1C(=O)NC1CC1)c1ccn2ncc(Br)c2n1. The van der Waals surface area contributed by atoms with Crippen LogP contribution in [0, 0.1) is 0 Å². The van der Waals surface area contributed by atoms with Gasteiger partial charge >= 0.3 is 0 Å². The van der Waals surface area contributed by atoms with Gasteiger partial charge in [-0.05, 0) is 54.1 Å². The number of carbonyl (C=O) groups is 2. The van der Waals surface area contributed by atoms with Gasteiger partial charge in [0.2, 0.25) is 0 Å². The minimum absolute atomic E-state index is 0.216. The predicted molar refractivity (Wildman–Crippen MR) is 104 cm³/mol. The molecule has 0 atom stereocenters. The number of carbonyl (C=O) groups excluding carboxylic acids is 2. The highest BCUT2D eigenvalue weighted by molar-refractivity contribution is 9.10. The van der Waals surface area contributed by atoms with Gasteiger partial charge < -0.3 is 10.6 Å². The first-order valence-electron chi connectivity index (χ1n) is 9.30. The number of nitrogens with zero attached hydrogens (tertiary/aromatic N) is 5. The smallest absolute Gasteiger partial charge is 0.274 e. The molecule has 0 saturated heterocycles. The summed E-state index contributed by atoms with van der Waals surface area (Å²) in [7, 11) is 0. The molecule has 9 nitrogen and oxygen atoms in total. The summed E-state index contributed by atoms with van der Waals surface area (Å²) in [6, 6.07) is 2.09. The van der Waals surface area contributed by atoms with Crippen LogP contribution in [-0.4, -0.2) is 42.2 Å². The monoisotopic (exact) mass is 443 g/mol. The molecule has 10 heteroatoms. The zero-order valence-corrected chi connectivity index (χ0v) is 16.5. The van der Waals surface area contributed by atoms with Gasteiger partial charge in [-0.2, -0.15) is 10.2 Å². The lowest BCUT2D eigenvalue weighted by Crippen LogP contribution is -2.27. The summed E-state index contributed by atoms with van der Waals surface area (Å²) in [6.45, 7) is 0. The number of amides is 2. The molecular formula is C18H18BrN7O2. The summed E-state index contributed by atoms with van der Waals surface area (Å²) in [5.74, 6) is -0.651. The molecular weight excluding hydrogens is 426 g/mol. The highest BCUT2D eigenvalue weighted by atomic mass is 79.9. The molecule has 2 saturated carbocycles. The Hall–Kier alpha value is -2.75. The number of hydrogen-bond acceptors (Lipinski definition) is 5. The number of aromatic nitrogens is 5. The molecule has 2 amide bonds. The molecule has 0 aromatic carbocycles. The molecule has 3 aromatic rings. The zero-order chi connectivity index (χ0) is 19.3. The number of nitrogens with one attached hydrogen (secondary N) is 2. The summed E-state index contributed by atoms with van der Waals surface area (Å²) in [5, 5.41) is 14.3. The minimum atomic E-state index is -0.399. The highest BCUT2D eigenvalue weighted by Gasteiger charge is 2.29. The van der Waals surface area contributed by atoms with Crippen LogP contribution in [0.15, 0.2) is 29.1 Å². The normalized spacial score (nSPS) is 16.8. The molecule has 0 bridgehead atoms. The summed E-state index contributed by atoms with van der Waals surface area (Å²) in [4.78, 5) is 29.7. The number of fused-ring (bicyclic) bond motifs is 1. The fraction of sp³-hybridized carbons (Fsp3) is 0.389. The predicted octanol–water partition coefficient (Wildman–Crippen LogP) is 2.56. The molecule has 2 aliphatic rings. The Morgan fingerprint density at radius 1 is 1.18 bits per heavy atom. The van der Waals surface area contributed by atoms with Crippen LogP contribution < -0.4 is 10.6 Å². The van der Waals surface area contributed by atoms with E-state index < -0.39 is 5.91 Å². The third-order valence-electron chi connectivity index (χ3n) is 5.12. The van der Waals surface area contributed by atoms with E-state index in [4.69, 9.17) is 0 Å². The van der Waals surface area contributed by atoms with Gasteiger partial charge in [-0.15, -0.1) is 0 Å². The van der Waals surface area contributed by atoms with Gasteiger partial charge in [-0.25, -0.2) is 9.50 Å². The van der Waals surface area contributed by atoms with Crippen LogP contribution in [0.5, 0.6) is 0 Å². The van der Waals surface area contributed by atoms with E-state index in [9.17, 15) is 9.59 Å². The molecule has 144 valence electrons. The van der Waals surface area contributed by atoms with Gasteiger partial charge in [-0.3, -0.25) is 14.3 Å². The van der Waals surface area contributed by atoms with Crippen molar-refractivity contribution in [2.24, 2.45) is 0 Å². The quantitative estimate of drug-likeness (QED) is 0.629. The second-order valence-electron chi connectivity index (χ2n) is 7.23. The average molecular weight is 444 g/mol. The van der Waals surface area contributed by atoms with Crippen LogP contribution in [-0.2, 0) is 0 Å². The molecule has 2 N–H and O–H groups in total. The van der Waals surface area contributed by atoms with E-state index in [1.807, 2.05) is 0 Å². The van der Waals surface area contributed by atoms with Crippen molar-refractivity contribution in [3.8, 4) is 0 Å². The van der Waals surface area contributed by atoms with Gasteiger partial charge in [0.05, 0.1) is 22.4 Å². The Morgan fingerprint density at radius 2 is 2.00 bits per heavy atom. The van der Waals surface area contributed by atoms with E-state index in [1.54, 1.807) is 33.9 Å². The van der Waals surface area contributed by atoms with Crippen LogP contribution in [0.4, 0.5) is 5.69 Å². The second kappa shape index (κ2) is 6.69. The third kappa shape index (κ3) is 3.17. The number of halogens is 1. The van der Waals surface area contributed by atoms with Crippen LogP contribution in [0.3, 0.4) is 0 Å². The Labute approximate surface area is 168 Å². The standard InChI is InChI=1S/C18H18BrN7O2/c19-12-8-20-25-7-6-13(22-16(12)25)17(27)23-14-9-26(11-2-1-3-11)24-15(14)18(28)21-10-4-5-10/h6-11H,1-5H2,(H,21,28)(H,23,27). The minimum Gasteiger partial charge on any atom is -0.348 e. The van der Waals surface area contributed by atoms with Crippen molar-refractivity contribution in [1.29, 1.82) is 0 Å². The van der Waals surface area contributed by atoms with E-state index in [0.29, 0.717) is 15.8 Å². The molecule has 5 rings (SSSR count). The molecule has 3 heterocycles. The van der Waals surface area contributed by atoms with Crippen LogP contribution in [0.25, 0.3) is 5.65 Å². The second-order valence-corrected chi connectivity index (χ2v) is 8.09. The highest BCUT2D eigenvalue weighted by Crippen LogP contribution is 2.32. The van der Waals surface area contributed by atoms with Crippen molar-refractivity contribution in [1.82, 2.24) is 29.7 Å². The Balaban J connectivity index is 1.43. The van der Waals surface area contributed by atoms with Crippen molar-refractivity contribution in [3.05, 3.63) is 40.5 Å². The number of anilines is 1. The van der Waals surface area contributed by atoms with Gasteiger partial charge in [-0.1, -0.05) is 0 Å². The molecule has 0 radical (unpaired) electrons. The molecule has 0 unspecified atom stereocenters. The maximum atomic E-state index is 12.8. The van der Waals surface area contributed by atoms with Gasteiger partial charge in [0.1, 0.15) is 5.69 Å². The van der Waals surface area contributed by atoms with Crippen molar-refractivity contribution in [2.75, 3.05) is 5.32 Å². The third-order valence-corrected chi connectivity index (χ3v) is 5.67. The van der Waals surface area contributed by atoms with Crippen LogP contribution in [0.2, 0.25) is 0 Å². The Morgan fingerprint density at radius 3 is 2.71 bits per heavy atom. The average Bonchev–Trinajstić information content (AvgIpc) is 3.24. The lowest BCUT2D eigenvalue weighted by atomic mass is 9.93. The first-order chi connectivity index (χ1) is 13.6. The van der Waals surface area contributed by atoms with E-state index in [1.165, 1.54) is 0 Å². The summed E-state index contributed by atoms with van der Waals surface area (Å²) in [5.41, 5.74) is 1.44. The molecule has 2 aliphatic carbocycles. The molecule has 0 aliphatic heterocycles. The summed E-state index contributed by atoms with van der Waals surface area (Å²) < 4.78 is 4.07.